The lowest BCUT2D eigenvalue weighted by atomic mass is 10.1. The number of ether oxygens (including phenoxy) is 1. The number of nitro benzene ring substituents is 1. The van der Waals surface area contributed by atoms with E-state index in [2.05, 4.69) is 4.74 Å². The molecule has 166 valence electrons. The molecule has 10 heteroatoms. The van der Waals surface area contributed by atoms with Crippen molar-refractivity contribution in [1.29, 1.82) is 0 Å². The molecule has 9 nitrogen and oxygen atoms in total. The molecule has 2 heterocycles. The van der Waals surface area contributed by atoms with Crippen molar-refractivity contribution >= 4 is 40.6 Å². The summed E-state index contributed by atoms with van der Waals surface area (Å²) in [5.74, 6) is -0.128. The number of carbonyl (C=O) groups excluding carboxylic acids is 3. The number of nitro groups is 1. The zero-order chi connectivity index (χ0) is 23.5. The van der Waals surface area contributed by atoms with Gasteiger partial charge in [0, 0.05) is 23.3 Å². The van der Waals surface area contributed by atoms with Crippen LogP contribution in [0.15, 0.2) is 70.0 Å². The Labute approximate surface area is 191 Å². The predicted molar refractivity (Wildman–Crippen MR) is 120 cm³/mol. The summed E-state index contributed by atoms with van der Waals surface area (Å²) < 4.78 is 10.4. The maximum atomic E-state index is 12.8. The molecule has 0 unspecified atom stereocenters. The summed E-state index contributed by atoms with van der Waals surface area (Å²) in [7, 11) is 1.30. The molecule has 1 aliphatic heterocycles. The molecule has 1 aromatic heterocycles. The highest BCUT2D eigenvalue weighted by molar-refractivity contribution is 8.18. The Balaban J connectivity index is 1.52. The fourth-order valence-corrected chi connectivity index (χ4v) is 4.05. The molecule has 0 aliphatic carbocycles. The minimum atomic E-state index is -0.552. The molecule has 3 aromatic rings. The van der Waals surface area contributed by atoms with Gasteiger partial charge in [-0.05, 0) is 36.0 Å². The van der Waals surface area contributed by atoms with Crippen molar-refractivity contribution in [1.82, 2.24) is 4.90 Å². The van der Waals surface area contributed by atoms with Crippen molar-refractivity contribution in [3.8, 4) is 11.3 Å². The third-order valence-electron chi connectivity index (χ3n) is 4.88. The molecule has 2 amide bonds. The fraction of sp³-hybridized carbons (Fsp3) is 0.0870. The van der Waals surface area contributed by atoms with E-state index in [1.165, 1.54) is 31.4 Å². The molecule has 1 fully saturated rings. The lowest BCUT2D eigenvalue weighted by molar-refractivity contribution is -0.385. The van der Waals surface area contributed by atoms with Gasteiger partial charge in [0.25, 0.3) is 16.8 Å². The number of rotatable bonds is 6. The molecule has 0 radical (unpaired) electrons. The zero-order valence-corrected chi connectivity index (χ0v) is 18.0. The summed E-state index contributed by atoms with van der Waals surface area (Å²) in [5.41, 5.74) is 1.23. The van der Waals surface area contributed by atoms with Crippen molar-refractivity contribution in [3.63, 3.8) is 0 Å². The second kappa shape index (κ2) is 9.13. The van der Waals surface area contributed by atoms with Gasteiger partial charge in [0.1, 0.15) is 11.5 Å². The number of esters is 1. The normalized spacial score (nSPS) is 14.7. The van der Waals surface area contributed by atoms with E-state index in [0.717, 1.165) is 16.7 Å². The first-order valence-corrected chi connectivity index (χ1v) is 10.5. The number of methoxy groups -OCH3 is 1. The van der Waals surface area contributed by atoms with Crippen LogP contribution in [-0.2, 0) is 16.1 Å². The first kappa shape index (κ1) is 22.0. The van der Waals surface area contributed by atoms with Crippen LogP contribution in [-0.4, -0.2) is 34.0 Å². The van der Waals surface area contributed by atoms with Gasteiger partial charge in [-0.3, -0.25) is 24.6 Å². The fourth-order valence-electron chi connectivity index (χ4n) is 3.23. The minimum Gasteiger partial charge on any atom is -0.465 e. The van der Waals surface area contributed by atoms with E-state index in [1.807, 2.05) is 0 Å². The number of hydrogen-bond donors (Lipinski definition) is 0. The van der Waals surface area contributed by atoms with Crippen molar-refractivity contribution in [2.24, 2.45) is 0 Å². The highest BCUT2D eigenvalue weighted by Crippen LogP contribution is 2.35. The van der Waals surface area contributed by atoms with Gasteiger partial charge in [0.05, 0.1) is 29.0 Å². The van der Waals surface area contributed by atoms with Crippen molar-refractivity contribution in [2.45, 2.75) is 6.54 Å². The van der Waals surface area contributed by atoms with Crippen LogP contribution in [0.3, 0.4) is 0 Å². The lowest BCUT2D eigenvalue weighted by Gasteiger charge is -2.12. The highest BCUT2D eigenvalue weighted by Gasteiger charge is 2.36. The number of furan rings is 1. The summed E-state index contributed by atoms with van der Waals surface area (Å²) in [4.78, 5) is 48.5. The van der Waals surface area contributed by atoms with E-state index in [9.17, 15) is 24.5 Å². The number of benzene rings is 2. The molecule has 1 aliphatic rings. The Kier molecular flexibility index (Phi) is 6.09. The van der Waals surface area contributed by atoms with Crippen LogP contribution in [0.2, 0.25) is 0 Å². The van der Waals surface area contributed by atoms with Gasteiger partial charge in [-0.15, -0.1) is 0 Å². The van der Waals surface area contributed by atoms with Gasteiger partial charge in [-0.1, -0.05) is 30.3 Å². The van der Waals surface area contributed by atoms with Crippen LogP contribution in [0, 0.1) is 10.1 Å². The molecular formula is C23H16N2O7S. The van der Waals surface area contributed by atoms with Gasteiger partial charge in [-0.2, -0.15) is 0 Å². The number of para-hydroxylation sites is 1. The Morgan fingerprint density at radius 1 is 1.12 bits per heavy atom. The number of thioether (sulfide) groups is 1. The first-order valence-electron chi connectivity index (χ1n) is 9.63. The van der Waals surface area contributed by atoms with E-state index in [-0.39, 0.29) is 22.7 Å². The minimum absolute atomic E-state index is 0.153. The van der Waals surface area contributed by atoms with Gasteiger partial charge in [0.15, 0.2) is 0 Å². The van der Waals surface area contributed by atoms with E-state index in [0.29, 0.717) is 22.6 Å². The summed E-state index contributed by atoms with van der Waals surface area (Å²) in [6, 6.07) is 15.9. The van der Waals surface area contributed by atoms with Crippen LogP contribution < -0.4 is 0 Å². The Bertz CT molecular complexity index is 1290. The quantitative estimate of drug-likeness (QED) is 0.219. The summed E-state index contributed by atoms with van der Waals surface area (Å²) in [5, 5.41) is 10.7. The van der Waals surface area contributed by atoms with E-state index in [1.54, 1.807) is 42.5 Å². The van der Waals surface area contributed by atoms with Crippen molar-refractivity contribution in [3.05, 3.63) is 92.6 Å². The zero-order valence-electron chi connectivity index (χ0n) is 17.2. The largest absolute Gasteiger partial charge is 0.465 e. The van der Waals surface area contributed by atoms with Crippen LogP contribution in [0.25, 0.3) is 17.4 Å². The Morgan fingerprint density at radius 3 is 2.55 bits per heavy atom. The molecule has 33 heavy (non-hydrogen) atoms. The molecule has 1 saturated heterocycles. The number of nitrogens with zero attached hydrogens (tertiary/aromatic N) is 2. The lowest BCUT2D eigenvalue weighted by Crippen LogP contribution is -2.27. The molecule has 0 atom stereocenters. The van der Waals surface area contributed by atoms with E-state index < -0.39 is 22.0 Å². The van der Waals surface area contributed by atoms with Crippen molar-refractivity contribution < 1.29 is 28.5 Å². The number of amides is 2. The number of hydrogen-bond acceptors (Lipinski definition) is 8. The number of imide groups is 1. The van der Waals surface area contributed by atoms with Crippen LogP contribution in [0.1, 0.15) is 21.7 Å². The van der Waals surface area contributed by atoms with Gasteiger partial charge >= 0.3 is 5.97 Å². The summed E-state index contributed by atoms with van der Waals surface area (Å²) in [6.45, 7) is -0.199. The van der Waals surface area contributed by atoms with Gasteiger partial charge in [-0.25, -0.2) is 4.79 Å². The highest BCUT2D eigenvalue weighted by atomic mass is 32.2. The topological polar surface area (TPSA) is 120 Å². The molecule has 0 spiro atoms. The Morgan fingerprint density at radius 2 is 1.85 bits per heavy atom. The molecule has 0 N–H and O–H groups in total. The molecular weight excluding hydrogens is 448 g/mol. The molecule has 4 rings (SSSR count). The van der Waals surface area contributed by atoms with E-state index >= 15 is 0 Å². The number of carbonyl (C=O) groups is 3. The third-order valence-corrected chi connectivity index (χ3v) is 5.79. The molecule has 0 bridgehead atoms. The van der Waals surface area contributed by atoms with Crippen LogP contribution in [0.5, 0.6) is 0 Å². The maximum absolute atomic E-state index is 12.8. The van der Waals surface area contributed by atoms with Crippen LogP contribution in [0.4, 0.5) is 10.5 Å². The second-order valence-corrected chi connectivity index (χ2v) is 7.92. The first-order chi connectivity index (χ1) is 15.9. The maximum Gasteiger partial charge on any atom is 0.337 e. The van der Waals surface area contributed by atoms with Gasteiger partial charge < -0.3 is 9.15 Å². The van der Waals surface area contributed by atoms with Crippen molar-refractivity contribution in [2.75, 3.05) is 7.11 Å². The standard InChI is InChI=1S/C23H16N2O7S/c1-31-22(27)15-8-6-14(7-9-15)19-11-10-17(32-19)12-20-21(26)24(23(28)33-20)13-16-4-2-3-5-18(16)25(29)30/h2-12H,13H2,1H3/b20-12-. The predicted octanol–water partition coefficient (Wildman–Crippen LogP) is 4.88. The molecule has 0 saturated carbocycles. The Hall–Kier alpha value is -4.18. The summed E-state index contributed by atoms with van der Waals surface area (Å²) >= 11 is 0.740. The third kappa shape index (κ3) is 4.55. The van der Waals surface area contributed by atoms with Crippen LogP contribution >= 0.6 is 11.8 Å². The second-order valence-electron chi connectivity index (χ2n) is 6.92. The summed E-state index contributed by atoms with van der Waals surface area (Å²) in [6.07, 6.45) is 1.45. The van der Waals surface area contributed by atoms with Gasteiger partial charge in [0.2, 0.25) is 0 Å². The molecule has 2 aromatic carbocycles. The smallest absolute Gasteiger partial charge is 0.337 e. The average Bonchev–Trinajstić information content (AvgIpc) is 3.39. The monoisotopic (exact) mass is 464 g/mol. The van der Waals surface area contributed by atoms with E-state index in [4.69, 9.17) is 4.42 Å². The average molecular weight is 464 g/mol. The SMILES string of the molecule is COC(=O)c1ccc(-c2ccc(/C=C3\SC(=O)N(Cc4ccccc4[N+](=O)[O-])C3=O)o2)cc1.